The van der Waals surface area contributed by atoms with Crippen LogP contribution < -0.4 is 5.32 Å². The van der Waals surface area contributed by atoms with E-state index in [0.717, 1.165) is 25.7 Å². The van der Waals surface area contributed by atoms with Crippen molar-refractivity contribution in [3.8, 4) is 0 Å². The molecule has 4 fully saturated rings. The zero-order valence-corrected chi connectivity index (χ0v) is 20.5. The summed E-state index contributed by atoms with van der Waals surface area (Å²) in [5.74, 6) is 1.32. The van der Waals surface area contributed by atoms with Crippen molar-refractivity contribution in [2.45, 2.75) is 85.4 Å². The highest BCUT2D eigenvalue weighted by Crippen LogP contribution is 2.65. The summed E-state index contributed by atoms with van der Waals surface area (Å²) in [6, 6.07) is 0. The van der Waals surface area contributed by atoms with Crippen molar-refractivity contribution in [3.63, 3.8) is 0 Å². The summed E-state index contributed by atoms with van der Waals surface area (Å²) in [5.41, 5.74) is -0.290. The Hall–Kier alpha value is -1.14. The summed E-state index contributed by atoms with van der Waals surface area (Å²) < 4.78 is 5.84. The molecular formula is C26H43NO5. The Morgan fingerprint density at radius 2 is 1.78 bits per heavy atom. The first-order chi connectivity index (χ1) is 15.0. The van der Waals surface area contributed by atoms with Gasteiger partial charge in [-0.15, -0.1) is 0 Å². The molecule has 1 saturated heterocycles. The van der Waals surface area contributed by atoms with Gasteiger partial charge in [-0.25, -0.2) is 0 Å². The lowest BCUT2D eigenvalue weighted by Crippen LogP contribution is -2.54. The fourth-order valence-electron chi connectivity index (χ4n) is 8.30. The number of hydrogen-bond acceptors (Lipinski definition) is 5. The number of nitrogens with one attached hydrogen (secondary N) is 1. The molecule has 0 radical (unpaired) electrons. The maximum Gasteiger partial charge on any atom is 0.309 e. The summed E-state index contributed by atoms with van der Waals surface area (Å²) in [6.45, 7) is 12.0. The lowest BCUT2D eigenvalue weighted by atomic mass is 9.48. The van der Waals surface area contributed by atoms with E-state index in [1.54, 1.807) is 0 Å². The molecule has 3 N–H and O–H groups in total. The molecule has 0 bridgehead atoms. The second-order valence-electron chi connectivity index (χ2n) is 12.3. The summed E-state index contributed by atoms with van der Waals surface area (Å²) in [5, 5.41) is 23.9. The summed E-state index contributed by atoms with van der Waals surface area (Å²) in [7, 11) is 0. The number of amides is 1. The van der Waals surface area contributed by atoms with E-state index in [0.29, 0.717) is 43.2 Å². The number of aliphatic hydroxyl groups is 2. The maximum atomic E-state index is 12.9. The fraction of sp³-hybridized carbons (Fsp3) is 0.923. The molecular weight excluding hydrogens is 406 g/mol. The average Bonchev–Trinajstić information content (AvgIpc) is 3.04. The third kappa shape index (κ3) is 3.79. The number of esters is 1. The van der Waals surface area contributed by atoms with Crippen LogP contribution in [0.2, 0.25) is 0 Å². The SMILES string of the molecule is CC(C)CNC(=O)[C@@H](C)[C@H]1CC[C@H]2[C@@H]3COC(=O)[C@H]4C[C@H](O)[C@H](O)C[C@]4(C)[C@H]3CC[C@]12C. The van der Waals surface area contributed by atoms with Gasteiger partial charge in [0.25, 0.3) is 0 Å². The van der Waals surface area contributed by atoms with Crippen LogP contribution in [-0.4, -0.2) is 47.4 Å². The predicted molar refractivity (Wildman–Crippen MR) is 121 cm³/mol. The van der Waals surface area contributed by atoms with E-state index in [-0.39, 0.29) is 46.9 Å². The van der Waals surface area contributed by atoms with Crippen LogP contribution in [0.15, 0.2) is 0 Å². The molecule has 0 aromatic rings. The lowest BCUT2D eigenvalue weighted by Gasteiger charge is -2.55. The minimum Gasteiger partial charge on any atom is -0.465 e. The van der Waals surface area contributed by atoms with Crippen molar-refractivity contribution in [1.82, 2.24) is 5.32 Å². The molecule has 1 heterocycles. The Labute approximate surface area is 192 Å². The van der Waals surface area contributed by atoms with Crippen LogP contribution in [0.4, 0.5) is 0 Å². The lowest BCUT2D eigenvalue weighted by molar-refractivity contribution is -0.162. The first kappa shape index (κ1) is 24.0. The van der Waals surface area contributed by atoms with Gasteiger partial charge in [0.2, 0.25) is 5.91 Å². The van der Waals surface area contributed by atoms with Gasteiger partial charge in [-0.3, -0.25) is 9.59 Å². The highest BCUT2D eigenvalue weighted by atomic mass is 16.5. The van der Waals surface area contributed by atoms with E-state index in [2.05, 4.69) is 39.9 Å². The van der Waals surface area contributed by atoms with Crippen LogP contribution >= 0.6 is 0 Å². The standard InChI is InChI=1S/C26H43NO5/c1-14(2)12-27-23(30)15(3)17-6-7-18-16-13-32-24(31)20-10-21(28)22(29)11-26(20,5)19(16)8-9-25(17,18)4/h14-22,28-29H,6-13H2,1-5H3,(H,27,30)/t15-,16-,17+,18-,19-,20+,21-,22+,25+,26+/m0/s1. The quantitative estimate of drug-likeness (QED) is 0.573. The highest BCUT2D eigenvalue weighted by Gasteiger charge is 2.63. The Balaban J connectivity index is 1.57. The minimum absolute atomic E-state index is 0.0244. The van der Waals surface area contributed by atoms with Gasteiger partial charge in [0, 0.05) is 12.5 Å². The van der Waals surface area contributed by atoms with Gasteiger partial charge in [0.05, 0.1) is 24.7 Å². The third-order valence-electron chi connectivity index (χ3n) is 10.1. The van der Waals surface area contributed by atoms with Gasteiger partial charge < -0.3 is 20.3 Å². The van der Waals surface area contributed by atoms with Crippen LogP contribution in [0.25, 0.3) is 0 Å². The van der Waals surface area contributed by atoms with E-state index < -0.39 is 12.2 Å². The molecule has 1 amide bonds. The van der Waals surface area contributed by atoms with Crippen molar-refractivity contribution in [2.75, 3.05) is 13.2 Å². The van der Waals surface area contributed by atoms with Gasteiger partial charge >= 0.3 is 5.97 Å². The van der Waals surface area contributed by atoms with Crippen molar-refractivity contribution in [3.05, 3.63) is 0 Å². The Bertz CT molecular complexity index is 740. The molecule has 3 saturated carbocycles. The van der Waals surface area contributed by atoms with Crippen LogP contribution in [0.5, 0.6) is 0 Å². The number of cyclic esters (lactones) is 1. The molecule has 0 aromatic heterocycles. The van der Waals surface area contributed by atoms with Gasteiger partial charge in [-0.2, -0.15) is 0 Å². The topological polar surface area (TPSA) is 95.9 Å². The van der Waals surface area contributed by atoms with Crippen LogP contribution in [-0.2, 0) is 14.3 Å². The average molecular weight is 450 g/mol. The number of aliphatic hydroxyl groups excluding tert-OH is 2. The van der Waals surface area contributed by atoms with Crippen molar-refractivity contribution in [2.24, 2.45) is 52.3 Å². The zero-order chi connectivity index (χ0) is 23.4. The van der Waals surface area contributed by atoms with E-state index >= 15 is 0 Å². The molecule has 182 valence electrons. The summed E-state index contributed by atoms with van der Waals surface area (Å²) in [6.07, 6.45) is 3.24. The first-order valence-corrected chi connectivity index (χ1v) is 12.8. The number of hydrogen-bond donors (Lipinski definition) is 3. The molecule has 0 unspecified atom stereocenters. The van der Waals surface area contributed by atoms with E-state index in [9.17, 15) is 19.8 Å². The maximum absolute atomic E-state index is 12.9. The Morgan fingerprint density at radius 1 is 1.09 bits per heavy atom. The van der Waals surface area contributed by atoms with E-state index in [1.165, 1.54) is 0 Å². The molecule has 32 heavy (non-hydrogen) atoms. The smallest absolute Gasteiger partial charge is 0.309 e. The monoisotopic (exact) mass is 449 g/mol. The second-order valence-corrected chi connectivity index (χ2v) is 12.3. The first-order valence-electron chi connectivity index (χ1n) is 12.8. The number of carbonyl (C=O) groups excluding carboxylic acids is 2. The largest absolute Gasteiger partial charge is 0.465 e. The fourth-order valence-corrected chi connectivity index (χ4v) is 8.30. The van der Waals surface area contributed by atoms with Crippen LogP contribution in [0.3, 0.4) is 0 Å². The van der Waals surface area contributed by atoms with Crippen molar-refractivity contribution in [1.29, 1.82) is 0 Å². The van der Waals surface area contributed by atoms with Gasteiger partial charge in [0.15, 0.2) is 0 Å². The zero-order valence-electron chi connectivity index (χ0n) is 20.5. The summed E-state index contributed by atoms with van der Waals surface area (Å²) >= 11 is 0. The number of ether oxygens (including phenoxy) is 1. The second kappa shape index (κ2) is 8.57. The van der Waals surface area contributed by atoms with Gasteiger partial charge in [0.1, 0.15) is 0 Å². The Kier molecular flexibility index (Phi) is 6.43. The molecule has 4 rings (SSSR count). The molecule has 6 heteroatoms. The van der Waals surface area contributed by atoms with Crippen LogP contribution in [0.1, 0.15) is 73.1 Å². The molecule has 3 aliphatic carbocycles. The summed E-state index contributed by atoms with van der Waals surface area (Å²) in [4.78, 5) is 25.8. The van der Waals surface area contributed by atoms with E-state index in [1.807, 2.05) is 0 Å². The normalized spacial score (nSPS) is 47.0. The Morgan fingerprint density at radius 3 is 2.47 bits per heavy atom. The number of rotatable bonds is 4. The molecule has 10 atom stereocenters. The molecule has 0 aromatic carbocycles. The third-order valence-corrected chi connectivity index (χ3v) is 10.1. The molecule has 6 nitrogen and oxygen atoms in total. The number of carbonyl (C=O) groups is 2. The van der Waals surface area contributed by atoms with Crippen LogP contribution in [0, 0.1) is 52.3 Å². The molecule has 0 spiro atoms. The number of fused-ring (bicyclic) bond motifs is 5. The highest BCUT2D eigenvalue weighted by molar-refractivity contribution is 5.78. The van der Waals surface area contributed by atoms with Crippen molar-refractivity contribution >= 4 is 11.9 Å². The molecule has 4 aliphatic rings. The van der Waals surface area contributed by atoms with Crippen molar-refractivity contribution < 1.29 is 24.5 Å². The molecule has 1 aliphatic heterocycles. The van der Waals surface area contributed by atoms with E-state index in [4.69, 9.17) is 4.74 Å². The van der Waals surface area contributed by atoms with Gasteiger partial charge in [-0.05, 0) is 78.9 Å². The minimum atomic E-state index is -0.855. The predicted octanol–water partition coefficient (Wildman–Crippen LogP) is 3.15. The van der Waals surface area contributed by atoms with Gasteiger partial charge in [-0.1, -0.05) is 34.6 Å².